The molecule has 1 unspecified atom stereocenters. The largest absolute Gasteiger partial charge is 0.494 e. The first kappa shape index (κ1) is 17.1. The van der Waals surface area contributed by atoms with Crippen LogP contribution in [0.2, 0.25) is 0 Å². The molecule has 114 valence electrons. The quantitative estimate of drug-likeness (QED) is 0.320. The number of hydrogen-bond acceptors (Lipinski definition) is 6. The van der Waals surface area contributed by atoms with Gasteiger partial charge in [0.05, 0.1) is 24.8 Å². The molecule has 6 nitrogen and oxygen atoms in total. The van der Waals surface area contributed by atoms with Gasteiger partial charge in [-0.1, -0.05) is 0 Å². The highest BCUT2D eigenvalue weighted by Gasteiger charge is 2.26. The van der Waals surface area contributed by atoms with Gasteiger partial charge >= 0.3 is 5.97 Å². The zero-order valence-corrected chi connectivity index (χ0v) is 12.7. The molecule has 0 aliphatic rings. The van der Waals surface area contributed by atoms with Gasteiger partial charge in [-0.3, -0.25) is 4.79 Å². The van der Waals surface area contributed by atoms with Gasteiger partial charge in [0, 0.05) is 0 Å². The van der Waals surface area contributed by atoms with E-state index in [2.05, 4.69) is 10.2 Å². The Balaban J connectivity index is 2.81. The van der Waals surface area contributed by atoms with Crippen LogP contribution in [0, 0.1) is 0 Å². The van der Waals surface area contributed by atoms with Crippen LogP contribution in [0.25, 0.3) is 0 Å². The molecule has 0 fully saturated rings. The van der Waals surface area contributed by atoms with E-state index in [0.29, 0.717) is 18.0 Å². The minimum atomic E-state index is -1.32. The van der Waals surface area contributed by atoms with Crippen molar-refractivity contribution < 1.29 is 19.1 Å². The Bertz CT molecular complexity index is 502. The summed E-state index contributed by atoms with van der Waals surface area (Å²) in [7, 11) is 0. The van der Waals surface area contributed by atoms with Crippen LogP contribution in [0.15, 0.2) is 34.5 Å². The monoisotopic (exact) mass is 312 g/mol. The summed E-state index contributed by atoms with van der Waals surface area (Å²) in [4.78, 5) is 23.2. The molecular weight excluding hydrogens is 296 g/mol. The average Bonchev–Trinajstić information content (AvgIpc) is 2.49. The molecule has 1 atom stereocenters. The SMILES string of the molecule is CCOC(=O)C(N=Nc1ccc(OCC)cc1)C(=O)CCl. The Morgan fingerprint density at radius 2 is 1.86 bits per heavy atom. The number of ketones is 1. The molecule has 0 saturated carbocycles. The molecule has 1 rings (SSSR count). The third-order valence-electron chi connectivity index (χ3n) is 2.38. The van der Waals surface area contributed by atoms with Crippen LogP contribution >= 0.6 is 11.6 Å². The number of ether oxygens (including phenoxy) is 2. The summed E-state index contributed by atoms with van der Waals surface area (Å²) in [6.45, 7) is 4.25. The van der Waals surface area contributed by atoms with Crippen molar-refractivity contribution in [3.63, 3.8) is 0 Å². The summed E-state index contributed by atoms with van der Waals surface area (Å²) in [6, 6.07) is 5.46. The molecule has 0 aliphatic heterocycles. The molecule has 21 heavy (non-hydrogen) atoms. The number of alkyl halides is 1. The summed E-state index contributed by atoms with van der Waals surface area (Å²) in [6.07, 6.45) is 0. The molecule has 0 N–H and O–H groups in total. The molecule has 0 aliphatic carbocycles. The molecule has 1 aromatic carbocycles. The lowest BCUT2D eigenvalue weighted by atomic mass is 10.2. The molecular formula is C14H17ClN2O4. The molecule has 0 saturated heterocycles. The lowest BCUT2D eigenvalue weighted by Crippen LogP contribution is -2.30. The second kappa shape index (κ2) is 9.07. The van der Waals surface area contributed by atoms with E-state index >= 15 is 0 Å². The average molecular weight is 313 g/mol. The highest BCUT2D eigenvalue weighted by atomic mass is 35.5. The van der Waals surface area contributed by atoms with Gasteiger partial charge in [0.1, 0.15) is 5.75 Å². The first-order valence-electron chi connectivity index (χ1n) is 6.51. The van der Waals surface area contributed by atoms with Crippen LogP contribution in [-0.2, 0) is 14.3 Å². The molecule has 0 aromatic heterocycles. The van der Waals surface area contributed by atoms with Crippen molar-refractivity contribution in [3.8, 4) is 5.75 Å². The molecule has 0 bridgehead atoms. The van der Waals surface area contributed by atoms with Gasteiger partial charge in [0.15, 0.2) is 5.78 Å². The number of hydrogen-bond donors (Lipinski definition) is 0. The van der Waals surface area contributed by atoms with Gasteiger partial charge < -0.3 is 9.47 Å². The second-order valence-corrected chi connectivity index (χ2v) is 4.16. The Morgan fingerprint density at radius 3 is 2.38 bits per heavy atom. The summed E-state index contributed by atoms with van der Waals surface area (Å²) in [5.41, 5.74) is 0.495. The number of carbonyl (C=O) groups excluding carboxylic acids is 2. The zero-order chi connectivity index (χ0) is 15.7. The normalized spacial score (nSPS) is 12.1. The topological polar surface area (TPSA) is 77.3 Å². The molecule has 0 heterocycles. The third kappa shape index (κ3) is 5.51. The predicted octanol–water partition coefficient (Wildman–Crippen LogP) is 2.91. The second-order valence-electron chi connectivity index (χ2n) is 3.90. The molecule has 0 radical (unpaired) electrons. The van der Waals surface area contributed by atoms with Crippen molar-refractivity contribution in [2.75, 3.05) is 19.1 Å². The highest BCUT2D eigenvalue weighted by molar-refractivity contribution is 6.30. The number of benzene rings is 1. The standard InChI is InChI=1S/C14H17ClN2O4/c1-3-20-11-7-5-10(6-8-11)16-17-13(12(18)9-15)14(19)21-4-2/h5-8,13H,3-4,9H2,1-2H3. The lowest BCUT2D eigenvalue weighted by Gasteiger charge is -2.07. The van der Waals surface area contributed by atoms with Crippen molar-refractivity contribution >= 4 is 29.0 Å². The van der Waals surface area contributed by atoms with Gasteiger partial charge in [-0.25, -0.2) is 4.79 Å². The smallest absolute Gasteiger partial charge is 0.340 e. The van der Waals surface area contributed by atoms with E-state index in [1.165, 1.54) is 0 Å². The van der Waals surface area contributed by atoms with Crippen molar-refractivity contribution in [1.29, 1.82) is 0 Å². The number of Topliss-reactive ketones (excluding diaryl/α,β-unsaturated/α-hetero) is 1. The Hall–Kier alpha value is -1.95. The zero-order valence-electron chi connectivity index (χ0n) is 11.9. The highest BCUT2D eigenvalue weighted by Crippen LogP contribution is 2.19. The van der Waals surface area contributed by atoms with E-state index < -0.39 is 17.8 Å². The molecule has 0 spiro atoms. The molecule has 0 amide bonds. The van der Waals surface area contributed by atoms with Crippen molar-refractivity contribution in [2.24, 2.45) is 10.2 Å². The minimum absolute atomic E-state index is 0.156. The maximum Gasteiger partial charge on any atom is 0.340 e. The van der Waals surface area contributed by atoms with Gasteiger partial charge in [-0.15, -0.1) is 11.6 Å². The fourth-order valence-electron chi connectivity index (χ4n) is 1.44. The van der Waals surface area contributed by atoms with E-state index in [0.717, 1.165) is 0 Å². The van der Waals surface area contributed by atoms with Crippen LogP contribution < -0.4 is 4.74 Å². The van der Waals surface area contributed by atoms with E-state index in [-0.39, 0.29) is 12.5 Å². The number of nitrogens with zero attached hydrogens (tertiary/aromatic N) is 2. The lowest BCUT2D eigenvalue weighted by molar-refractivity contribution is -0.147. The van der Waals surface area contributed by atoms with Gasteiger partial charge in [-0.05, 0) is 38.1 Å². The Kier molecular flexibility index (Phi) is 7.39. The number of rotatable bonds is 8. The minimum Gasteiger partial charge on any atom is -0.494 e. The molecule has 1 aromatic rings. The number of carbonyl (C=O) groups is 2. The van der Waals surface area contributed by atoms with E-state index in [1.54, 1.807) is 31.2 Å². The summed E-state index contributed by atoms with van der Waals surface area (Å²) >= 11 is 5.45. The number of halogens is 1. The number of azo groups is 1. The summed E-state index contributed by atoms with van der Waals surface area (Å²) in [5.74, 6) is -0.927. The van der Waals surface area contributed by atoms with Gasteiger partial charge in [-0.2, -0.15) is 10.2 Å². The fraction of sp³-hybridized carbons (Fsp3) is 0.429. The fourth-order valence-corrected chi connectivity index (χ4v) is 1.58. The maximum absolute atomic E-state index is 11.6. The van der Waals surface area contributed by atoms with Crippen LogP contribution in [0.3, 0.4) is 0 Å². The van der Waals surface area contributed by atoms with Crippen LogP contribution in [0.1, 0.15) is 13.8 Å². The number of esters is 1. The third-order valence-corrected chi connectivity index (χ3v) is 2.65. The van der Waals surface area contributed by atoms with Crippen molar-refractivity contribution in [1.82, 2.24) is 0 Å². The Labute approximate surface area is 128 Å². The Morgan fingerprint density at radius 1 is 1.19 bits per heavy atom. The van der Waals surface area contributed by atoms with Crippen LogP contribution in [0.4, 0.5) is 5.69 Å². The van der Waals surface area contributed by atoms with Crippen LogP contribution in [-0.4, -0.2) is 36.9 Å². The van der Waals surface area contributed by atoms with Crippen LogP contribution in [0.5, 0.6) is 5.75 Å². The van der Waals surface area contributed by atoms with E-state index in [1.807, 2.05) is 6.92 Å². The van der Waals surface area contributed by atoms with E-state index in [4.69, 9.17) is 21.1 Å². The maximum atomic E-state index is 11.6. The summed E-state index contributed by atoms with van der Waals surface area (Å²) in [5, 5.41) is 7.60. The first-order valence-corrected chi connectivity index (χ1v) is 7.04. The van der Waals surface area contributed by atoms with Gasteiger partial charge in [0.25, 0.3) is 0 Å². The predicted molar refractivity (Wildman–Crippen MR) is 78.3 cm³/mol. The van der Waals surface area contributed by atoms with Gasteiger partial charge in [0.2, 0.25) is 6.04 Å². The summed E-state index contributed by atoms with van der Waals surface area (Å²) < 4.78 is 10.1. The molecule has 7 heteroatoms. The van der Waals surface area contributed by atoms with Crippen molar-refractivity contribution in [3.05, 3.63) is 24.3 Å². The van der Waals surface area contributed by atoms with E-state index in [9.17, 15) is 9.59 Å². The first-order chi connectivity index (χ1) is 10.1. The van der Waals surface area contributed by atoms with Crippen molar-refractivity contribution in [2.45, 2.75) is 19.9 Å².